The Morgan fingerprint density at radius 1 is 1.37 bits per heavy atom. The second-order valence-electron chi connectivity index (χ2n) is 3.92. The monoisotopic (exact) mass is 292 g/mol. The zero-order valence-corrected chi connectivity index (χ0v) is 11.8. The maximum absolute atomic E-state index is 13.5. The third kappa shape index (κ3) is 4.92. The van der Waals surface area contributed by atoms with E-state index in [1.54, 1.807) is 6.92 Å². The topological polar surface area (TPSA) is 73.6 Å². The number of ether oxygens (including phenoxy) is 2. The average molecular weight is 293 g/mol. The summed E-state index contributed by atoms with van der Waals surface area (Å²) in [5.41, 5.74) is 5.76. The Bertz CT molecular complexity index is 441. The van der Waals surface area contributed by atoms with E-state index in [0.717, 1.165) is 6.07 Å². The molecule has 0 radical (unpaired) electrons. The summed E-state index contributed by atoms with van der Waals surface area (Å²) < 4.78 is 23.4. The zero-order chi connectivity index (χ0) is 13.7. The summed E-state index contributed by atoms with van der Waals surface area (Å²) in [6.07, 6.45) is 0.150. The molecule has 0 spiro atoms. The Morgan fingerprint density at radius 2 is 1.95 bits per heavy atom. The second kappa shape index (κ2) is 7.81. The first-order chi connectivity index (χ1) is 8.47. The van der Waals surface area contributed by atoms with Crippen LogP contribution in [0.5, 0.6) is 11.5 Å². The van der Waals surface area contributed by atoms with Crippen LogP contribution in [-0.2, 0) is 4.79 Å². The molecule has 1 aromatic carbocycles. The van der Waals surface area contributed by atoms with Gasteiger partial charge in [0.2, 0.25) is 5.91 Å². The van der Waals surface area contributed by atoms with Crippen LogP contribution in [0.3, 0.4) is 0 Å². The van der Waals surface area contributed by atoms with E-state index in [1.807, 2.05) is 0 Å². The average Bonchev–Trinajstić information content (AvgIpc) is 2.28. The Hall–Kier alpha value is -1.53. The number of anilines is 1. The summed E-state index contributed by atoms with van der Waals surface area (Å²) in [7, 11) is 2.78. The molecule has 1 atom stereocenters. The van der Waals surface area contributed by atoms with Crippen molar-refractivity contribution in [1.29, 1.82) is 0 Å². The number of benzene rings is 1. The largest absolute Gasteiger partial charge is 0.494 e. The minimum Gasteiger partial charge on any atom is -0.494 e. The number of hydrogen-bond donors (Lipinski definition) is 2. The predicted octanol–water partition coefficient (Wildman–Crippen LogP) is 1.94. The summed E-state index contributed by atoms with van der Waals surface area (Å²) in [6, 6.07) is 2.26. The SMILES string of the molecule is COc1cc(OC)c(NC(=O)CC(C)N)cc1F.Cl. The summed E-state index contributed by atoms with van der Waals surface area (Å²) in [5.74, 6) is -0.495. The fraction of sp³-hybridized carbons (Fsp3) is 0.417. The number of rotatable bonds is 5. The first-order valence-corrected chi connectivity index (χ1v) is 5.45. The molecule has 108 valence electrons. The smallest absolute Gasteiger partial charge is 0.226 e. The van der Waals surface area contributed by atoms with Gasteiger partial charge in [0.25, 0.3) is 0 Å². The highest BCUT2D eigenvalue weighted by Gasteiger charge is 2.14. The van der Waals surface area contributed by atoms with E-state index in [-0.39, 0.29) is 42.2 Å². The zero-order valence-electron chi connectivity index (χ0n) is 11.0. The molecular formula is C12H18ClFN2O3. The molecule has 0 heterocycles. The van der Waals surface area contributed by atoms with Gasteiger partial charge >= 0.3 is 0 Å². The molecule has 0 saturated heterocycles. The maximum atomic E-state index is 13.5. The third-order valence-electron chi connectivity index (χ3n) is 2.26. The number of carbonyl (C=O) groups excluding carboxylic acids is 1. The molecule has 0 aromatic heterocycles. The van der Waals surface area contributed by atoms with Crippen molar-refractivity contribution in [2.24, 2.45) is 5.73 Å². The Morgan fingerprint density at radius 3 is 2.42 bits per heavy atom. The molecule has 7 heteroatoms. The first-order valence-electron chi connectivity index (χ1n) is 5.45. The lowest BCUT2D eigenvalue weighted by atomic mass is 10.2. The predicted molar refractivity (Wildman–Crippen MR) is 73.6 cm³/mol. The molecule has 0 aliphatic carbocycles. The van der Waals surface area contributed by atoms with Gasteiger partial charge in [0.15, 0.2) is 11.6 Å². The molecule has 1 rings (SSSR count). The van der Waals surface area contributed by atoms with Gasteiger partial charge in [-0.15, -0.1) is 12.4 Å². The molecule has 0 aliphatic rings. The number of halogens is 2. The van der Waals surface area contributed by atoms with E-state index in [9.17, 15) is 9.18 Å². The lowest BCUT2D eigenvalue weighted by Crippen LogP contribution is -2.24. The normalized spacial score (nSPS) is 11.2. The van der Waals surface area contributed by atoms with E-state index in [2.05, 4.69) is 5.32 Å². The summed E-state index contributed by atoms with van der Waals surface area (Å²) in [5, 5.41) is 2.55. The number of nitrogens with one attached hydrogen (secondary N) is 1. The van der Waals surface area contributed by atoms with Gasteiger partial charge in [-0.25, -0.2) is 4.39 Å². The van der Waals surface area contributed by atoms with Crippen LogP contribution < -0.4 is 20.5 Å². The number of amides is 1. The van der Waals surface area contributed by atoms with Crippen molar-refractivity contribution in [2.45, 2.75) is 19.4 Å². The van der Waals surface area contributed by atoms with Crippen LogP contribution in [0.15, 0.2) is 12.1 Å². The van der Waals surface area contributed by atoms with Crippen LogP contribution >= 0.6 is 12.4 Å². The van der Waals surface area contributed by atoms with Gasteiger partial charge in [0, 0.05) is 24.6 Å². The third-order valence-corrected chi connectivity index (χ3v) is 2.26. The molecule has 0 fully saturated rings. The van der Waals surface area contributed by atoms with E-state index < -0.39 is 5.82 Å². The van der Waals surface area contributed by atoms with E-state index in [0.29, 0.717) is 5.75 Å². The minimum absolute atomic E-state index is 0. The molecule has 0 aliphatic heterocycles. The van der Waals surface area contributed by atoms with Crippen LogP contribution in [0.4, 0.5) is 10.1 Å². The maximum Gasteiger partial charge on any atom is 0.226 e. The van der Waals surface area contributed by atoms with Crippen LogP contribution in [0.25, 0.3) is 0 Å². The van der Waals surface area contributed by atoms with Crippen molar-refractivity contribution in [3.8, 4) is 11.5 Å². The van der Waals surface area contributed by atoms with Gasteiger partial charge in [-0.2, -0.15) is 0 Å². The molecule has 1 aromatic rings. The van der Waals surface area contributed by atoms with Crippen LogP contribution in [0.2, 0.25) is 0 Å². The van der Waals surface area contributed by atoms with Gasteiger partial charge in [-0.1, -0.05) is 0 Å². The van der Waals surface area contributed by atoms with Crippen molar-refractivity contribution >= 4 is 24.0 Å². The molecule has 0 saturated carbocycles. The van der Waals surface area contributed by atoms with Gasteiger partial charge in [-0.05, 0) is 6.92 Å². The molecule has 3 N–H and O–H groups in total. The molecule has 5 nitrogen and oxygen atoms in total. The summed E-state index contributed by atoms with van der Waals surface area (Å²) in [6.45, 7) is 1.71. The Labute approximate surface area is 117 Å². The number of carbonyl (C=O) groups is 1. The van der Waals surface area contributed by atoms with Crippen molar-refractivity contribution in [1.82, 2.24) is 0 Å². The fourth-order valence-corrected chi connectivity index (χ4v) is 1.45. The molecule has 1 amide bonds. The standard InChI is InChI=1S/C12H17FN2O3.ClH/c1-7(14)4-12(16)15-9-5-8(13)10(17-2)6-11(9)18-3;/h5-7H,4,14H2,1-3H3,(H,15,16);1H. The van der Waals surface area contributed by atoms with Gasteiger partial charge in [-0.3, -0.25) is 4.79 Å². The molecular weight excluding hydrogens is 275 g/mol. The lowest BCUT2D eigenvalue weighted by molar-refractivity contribution is -0.116. The van der Waals surface area contributed by atoms with E-state index >= 15 is 0 Å². The van der Waals surface area contributed by atoms with Crippen molar-refractivity contribution in [2.75, 3.05) is 19.5 Å². The van der Waals surface area contributed by atoms with E-state index in [1.165, 1.54) is 20.3 Å². The van der Waals surface area contributed by atoms with Gasteiger partial charge in [0.1, 0.15) is 5.75 Å². The summed E-state index contributed by atoms with van der Waals surface area (Å²) in [4.78, 5) is 11.6. The van der Waals surface area contributed by atoms with Crippen molar-refractivity contribution < 1.29 is 18.7 Å². The highest BCUT2D eigenvalue weighted by Crippen LogP contribution is 2.31. The Balaban J connectivity index is 0.00000324. The minimum atomic E-state index is -0.575. The summed E-state index contributed by atoms with van der Waals surface area (Å²) >= 11 is 0. The molecule has 1 unspecified atom stereocenters. The van der Waals surface area contributed by atoms with Gasteiger partial charge < -0.3 is 20.5 Å². The Kier molecular flexibility index (Phi) is 7.18. The lowest BCUT2D eigenvalue weighted by Gasteiger charge is -2.13. The molecule has 0 bridgehead atoms. The first kappa shape index (κ1) is 17.5. The van der Waals surface area contributed by atoms with Crippen molar-refractivity contribution in [3.05, 3.63) is 17.9 Å². The number of nitrogens with two attached hydrogens (primary N) is 1. The highest BCUT2D eigenvalue weighted by atomic mass is 35.5. The van der Waals surface area contributed by atoms with Crippen LogP contribution in [0, 0.1) is 5.82 Å². The fourth-order valence-electron chi connectivity index (χ4n) is 1.45. The quantitative estimate of drug-likeness (QED) is 0.870. The highest BCUT2D eigenvalue weighted by molar-refractivity contribution is 5.92. The van der Waals surface area contributed by atoms with Crippen LogP contribution in [-0.4, -0.2) is 26.2 Å². The molecule has 19 heavy (non-hydrogen) atoms. The van der Waals surface area contributed by atoms with Crippen molar-refractivity contribution in [3.63, 3.8) is 0 Å². The second-order valence-corrected chi connectivity index (χ2v) is 3.92. The van der Waals surface area contributed by atoms with E-state index in [4.69, 9.17) is 15.2 Å². The van der Waals surface area contributed by atoms with Crippen LogP contribution in [0.1, 0.15) is 13.3 Å². The van der Waals surface area contributed by atoms with Gasteiger partial charge in [0.05, 0.1) is 19.9 Å². The number of hydrogen-bond acceptors (Lipinski definition) is 4. The number of methoxy groups -OCH3 is 2.